The van der Waals surface area contributed by atoms with E-state index in [9.17, 15) is 0 Å². The summed E-state index contributed by atoms with van der Waals surface area (Å²) in [5, 5.41) is 0. The van der Waals surface area contributed by atoms with Gasteiger partial charge in [-0.3, -0.25) is 0 Å². The second-order valence-electron chi connectivity index (χ2n) is 3.83. The van der Waals surface area contributed by atoms with Gasteiger partial charge in [0.1, 0.15) is 5.75 Å². The first-order valence-electron chi connectivity index (χ1n) is 4.80. The first-order chi connectivity index (χ1) is 6.74. The van der Waals surface area contributed by atoms with Crippen LogP contribution < -0.4 is 14.2 Å². The van der Waals surface area contributed by atoms with E-state index in [4.69, 9.17) is 14.2 Å². The van der Waals surface area contributed by atoms with Crippen LogP contribution in [0.3, 0.4) is 0 Å². The van der Waals surface area contributed by atoms with Gasteiger partial charge in [-0.1, -0.05) is 0 Å². The van der Waals surface area contributed by atoms with Crippen LogP contribution in [0.25, 0.3) is 0 Å². The molecule has 0 amide bonds. The van der Waals surface area contributed by atoms with Crippen molar-refractivity contribution in [2.45, 2.75) is 25.6 Å². The van der Waals surface area contributed by atoms with E-state index in [-0.39, 0.29) is 5.79 Å². The molecular weight excluding hydrogens is 180 g/mol. The SMILES string of the molecule is COc1ccc2c(c1C)OC1(CC1)O2. The van der Waals surface area contributed by atoms with Gasteiger partial charge in [-0.05, 0) is 19.1 Å². The highest BCUT2D eigenvalue weighted by atomic mass is 16.7. The first-order valence-corrected chi connectivity index (χ1v) is 4.80. The molecule has 1 aliphatic carbocycles. The Morgan fingerprint density at radius 2 is 2.07 bits per heavy atom. The fourth-order valence-corrected chi connectivity index (χ4v) is 1.79. The van der Waals surface area contributed by atoms with Crippen molar-refractivity contribution in [1.29, 1.82) is 0 Å². The Morgan fingerprint density at radius 1 is 1.29 bits per heavy atom. The topological polar surface area (TPSA) is 27.7 Å². The van der Waals surface area contributed by atoms with Gasteiger partial charge in [-0.2, -0.15) is 0 Å². The summed E-state index contributed by atoms with van der Waals surface area (Å²) in [6.45, 7) is 1.99. The van der Waals surface area contributed by atoms with Crippen LogP contribution in [-0.4, -0.2) is 12.9 Å². The molecule has 1 fully saturated rings. The first kappa shape index (κ1) is 7.97. The second-order valence-corrected chi connectivity index (χ2v) is 3.83. The van der Waals surface area contributed by atoms with Crippen molar-refractivity contribution in [3.05, 3.63) is 17.7 Å². The summed E-state index contributed by atoms with van der Waals surface area (Å²) < 4.78 is 16.7. The third-order valence-electron chi connectivity index (χ3n) is 2.78. The minimum atomic E-state index is -0.320. The Morgan fingerprint density at radius 3 is 2.71 bits per heavy atom. The fraction of sp³-hybridized carbons (Fsp3) is 0.455. The van der Waals surface area contributed by atoms with Crippen LogP contribution in [0.4, 0.5) is 0 Å². The minimum Gasteiger partial charge on any atom is -0.496 e. The zero-order valence-electron chi connectivity index (χ0n) is 8.29. The van der Waals surface area contributed by atoms with E-state index < -0.39 is 0 Å². The monoisotopic (exact) mass is 192 g/mol. The van der Waals surface area contributed by atoms with Crippen molar-refractivity contribution in [2.24, 2.45) is 0 Å². The third-order valence-corrected chi connectivity index (χ3v) is 2.78. The predicted molar refractivity (Wildman–Crippen MR) is 51.0 cm³/mol. The molecule has 3 rings (SSSR count). The maximum absolute atomic E-state index is 5.78. The molecule has 0 saturated heterocycles. The lowest BCUT2D eigenvalue weighted by molar-refractivity contribution is 0.0214. The highest BCUT2D eigenvalue weighted by Crippen LogP contribution is 2.53. The summed E-state index contributed by atoms with van der Waals surface area (Å²) in [5.74, 6) is 2.23. The summed E-state index contributed by atoms with van der Waals surface area (Å²) in [4.78, 5) is 0. The van der Waals surface area contributed by atoms with E-state index in [0.29, 0.717) is 0 Å². The van der Waals surface area contributed by atoms with Crippen molar-refractivity contribution in [2.75, 3.05) is 7.11 Å². The van der Waals surface area contributed by atoms with Crippen LogP contribution in [0.5, 0.6) is 17.2 Å². The molecule has 3 nitrogen and oxygen atoms in total. The van der Waals surface area contributed by atoms with Crippen LogP contribution in [0, 0.1) is 6.92 Å². The van der Waals surface area contributed by atoms with Gasteiger partial charge in [0.2, 0.25) is 0 Å². The van der Waals surface area contributed by atoms with Gasteiger partial charge in [0.15, 0.2) is 11.5 Å². The molecule has 0 N–H and O–H groups in total. The van der Waals surface area contributed by atoms with E-state index in [1.54, 1.807) is 7.11 Å². The average molecular weight is 192 g/mol. The number of benzene rings is 1. The Kier molecular flexibility index (Phi) is 1.34. The predicted octanol–water partition coefficient (Wildman–Crippen LogP) is 2.26. The molecular formula is C11H12O3. The van der Waals surface area contributed by atoms with Crippen LogP contribution in [0.1, 0.15) is 18.4 Å². The molecule has 3 heteroatoms. The van der Waals surface area contributed by atoms with Crippen LogP contribution in [0.15, 0.2) is 12.1 Å². The molecule has 0 aromatic heterocycles. The van der Waals surface area contributed by atoms with Crippen molar-refractivity contribution in [3.8, 4) is 17.2 Å². The summed E-state index contributed by atoms with van der Waals surface area (Å²) >= 11 is 0. The van der Waals surface area contributed by atoms with Gasteiger partial charge in [0.25, 0.3) is 5.79 Å². The fourth-order valence-electron chi connectivity index (χ4n) is 1.79. The molecule has 1 aromatic carbocycles. The van der Waals surface area contributed by atoms with Gasteiger partial charge < -0.3 is 14.2 Å². The average Bonchev–Trinajstić information content (AvgIpc) is 2.79. The van der Waals surface area contributed by atoms with Gasteiger partial charge in [-0.25, -0.2) is 0 Å². The molecule has 2 aliphatic rings. The largest absolute Gasteiger partial charge is 0.496 e. The molecule has 1 spiro atoms. The summed E-state index contributed by atoms with van der Waals surface area (Å²) in [6, 6.07) is 3.83. The zero-order chi connectivity index (χ0) is 9.76. The number of rotatable bonds is 1. The number of ether oxygens (including phenoxy) is 3. The van der Waals surface area contributed by atoms with E-state index in [2.05, 4.69) is 0 Å². The van der Waals surface area contributed by atoms with E-state index in [1.807, 2.05) is 19.1 Å². The molecule has 0 radical (unpaired) electrons. The molecule has 1 heterocycles. The van der Waals surface area contributed by atoms with Gasteiger partial charge in [-0.15, -0.1) is 0 Å². The third kappa shape index (κ3) is 0.924. The van der Waals surface area contributed by atoms with Crippen molar-refractivity contribution >= 4 is 0 Å². The molecule has 1 aromatic rings. The van der Waals surface area contributed by atoms with Gasteiger partial charge in [0.05, 0.1) is 7.11 Å². The zero-order valence-corrected chi connectivity index (χ0v) is 8.29. The Bertz CT molecular complexity index is 394. The number of hydrogen-bond acceptors (Lipinski definition) is 3. The lowest BCUT2D eigenvalue weighted by Crippen LogP contribution is -2.18. The molecule has 0 bridgehead atoms. The molecule has 0 unspecified atom stereocenters. The summed E-state index contributed by atoms with van der Waals surface area (Å²) in [6.07, 6.45) is 1.98. The van der Waals surface area contributed by atoms with Crippen LogP contribution in [-0.2, 0) is 0 Å². The van der Waals surface area contributed by atoms with E-state index >= 15 is 0 Å². The van der Waals surface area contributed by atoms with E-state index in [0.717, 1.165) is 35.7 Å². The molecule has 74 valence electrons. The molecule has 1 saturated carbocycles. The Labute approximate surface area is 82.6 Å². The highest BCUT2D eigenvalue weighted by molar-refractivity contribution is 5.55. The standard InChI is InChI=1S/C11H12O3/c1-7-8(12-2)3-4-9-10(7)14-11(13-9)5-6-11/h3-4H,5-6H2,1-2H3. The van der Waals surface area contributed by atoms with E-state index in [1.165, 1.54) is 0 Å². The van der Waals surface area contributed by atoms with Gasteiger partial charge in [0, 0.05) is 18.4 Å². The van der Waals surface area contributed by atoms with Crippen molar-refractivity contribution in [3.63, 3.8) is 0 Å². The smallest absolute Gasteiger partial charge is 0.252 e. The maximum atomic E-state index is 5.78. The minimum absolute atomic E-state index is 0.320. The lowest BCUT2D eigenvalue weighted by atomic mass is 10.2. The normalized spacial score (nSPS) is 19.9. The molecule has 1 aliphatic heterocycles. The molecule has 14 heavy (non-hydrogen) atoms. The quantitative estimate of drug-likeness (QED) is 0.683. The Balaban J connectivity index is 2.08. The summed E-state index contributed by atoms with van der Waals surface area (Å²) in [5.41, 5.74) is 1.02. The number of fused-ring (bicyclic) bond motifs is 1. The van der Waals surface area contributed by atoms with Crippen molar-refractivity contribution in [1.82, 2.24) is 0 Å². The number of methoxy groups -OCH3 is 1. The number of hydrogen-bond donors (Lipinski definition) is 0. The highest BCUT2D eigenvalue weighted by Gasteiger charge is 2.53. The summed E-state index contributed by atoms with van der Waals surface area (Å²) in [7, 11) is 1.66. The lowest BCUT2D eigenvalue weighted by Gasteiger charge is -2.07. The maximum Gasteiger partial charge on any atom is 0.252 e. The molecule has 0 atom stereocenters. The second kappa shape index (κ2) is 2.35. The van der Waals surface area contributed by atoms with Crippen molar-refractivity contribution < 1.29 is 14.2 Å². The Hall–Kier alpha value is -1.38. The van der Waals surface area contributed by atoms with Crippen LogP contribution >= 0.6 is 0 Å². The van der Waals surface area contributed by atoms with Gasteiger partial charge >= 0.3 is 0 Å². The van der Waals surface area contributed by atoms with Crippen LogP contribution in [0.2, 0.25) is 0 Å².